The number of halogens is 1. The van der Waals surface area contributed by atoms with Gasteiger partial charge in [0.15, 0.2) is 11.5 Å². The summed E-state index contributed by atoms with van der Waals surface area (Å²) in [4.78, 5) is 17.8. The first-order valence-electron chi connectivity index (χ1n) is 17.1. The number of hydrogen-bond acceptors (Lipinski definition) is 6. The highest BCUT2D eigenvalue weighted by molar-refractivity contribution is 6.31. The summed E-state index contributed by atoms with van der Waals surface area (Å²) < 4.78 is 18.1. The molecule has 0 bridgehead atoms. The molecule has 0 saturated carbocycles. The van der Waals surface area contributed by atoms with E-state index in [1.165, 1.54) is 29.8 Å². The fraction of sp³-hybridized carbons (Fsp3) is 0.436. The van der Waals surface area contributed by atoms with Crippen LogP contribution in [0.1, 0.15) is 80.7 Å². The lowest BCUT2D eigenvalue weighted by Crippen LogP contribution is -2.41. The minimum absolute atomic E-state index is 0.0295. The number of rotatable bonds is 14. The van der Waals surface area contributed by atoms with Gasteiger partial charge in [-0.15, -0.1) is 0 Å². The molecule has 2 N–H and O–H groups in total. The second kappa shape index (κ2) is 15.3. The summed E-state index contributed by atoms with van der Waals surface area (Å²) in [6, 6.07) is 20.0. The molecule has 8 heteroatoms. The summed E-state index contributed by atoms with van der Waals surface area (Å²) >= 11 is 6.27. The number of aryl methyl sites for hydroxylation is 2. The predicted molar refractivity (Wildman–Crippen MR) is 189 cm³/mol. The summed E-state index contributed by atoms with van der Waals surface area (Å²) in [6.07, 6.45) is 10.6. The molecular weight excluding hydrogens is 610 g/mol. The fourth-order valence-corrected chi connectivity index (χ4v) is 6.94. The molecule has 248 valence electrons. The maximum Gasteiger partial charge on any atom is 0.224 e. The van der Waals surface area contributed by atoms with Gasteiger partial charge in [-0.05, 0) is 99.2 Å². The van der Waals surface area contributed by atoms with Crippen molar-refractivity contribution in [3.8, 4) is 17.2 Å². The van der Waals surface area contributed by atoms with Crippen molar-refractivity contribution in [2.24, 2.45) is 0 Å². The van der Waals surface area contributed by atoms with Gasteiger partial charge in [-0.25, -0.2) is 0 Å². The molecule has 6 rings (SSSR count). The molecule has 2 heterocycles. The lowest BCUT2D eigenvalue weighted by molar-refractivity contribution is -0.125. The normalized spacial score (nSPS) is 16.9. The van der Waals surface area contributed by atoms with Gasteiger partial charge in [0.05, 0.1) is 19.0 Å². The number of nitrogens with one attached hydrogen (secondary N) is 2. The van der Waals surface area contributed by atoms with Crippen LogP contribution in [-0.2, 0) is 30.7 Å². The molecule has 0 radical (unpaired) electrons. The van der Waals surface area contributed by atoms with Gasteiger partial charge >= 0.3 is 0 Å². The van der Waals surface area contributed by atoms with Gasteiger partial charge in [-0.1, -0.05) is 54.8 Å². The van der Waals surface area contributed by atoms with Crippen LogP contribution < -0.4 is 24.8 Å². The van der Waals surface area contributed by atoms with Crippen LogP contribution in [0.4, 0.5) is 5.69 Å². The van der Waals surface area contributed by atoms with Gasteiger partial charge in [-0.3, -0.25) is 9.78 Å². The highest BCUT2D eigenvalue weighted by Crippen LogP contribution is 2.42. The Labute approximate surface area is 283 Å². The van der Waals surface area contributed by atoms with E-state index in [2.05, 4.69) is 16.7 Å². The predicted octanol–water partition coefficient (Wildman–Crippen LogP) is 8.62. The summed E-state index contributed by atoms with van der Waals surface area (Å²) in [7, 11) is 1.63. The molecule has 0 saturated heterocycles. The zero-order valence-electron chi connectivity index (χ0n) is 27.6. The number of hydrogen-bond donors (Lipinski definition) is 2. The Morgan fingerprint density at radius 3 is 2.60 bits per heavy atom. The fourth-order valence-electron chi connectivity index (χ4n) is 6.77. The van der Waals surface area contributed by atoms with Crippen molar-refractivity contribution in [1.29, 1.82) is 0 Å². The number of benzene rings is 3. The number of anilines is 1. The van der Waals surface area contributed by atoms with Crippen LogP contribution in [0.5, 0.6) is 17.2 Å². The molecule has 1 aliphatic heterocycles. The molecule has 0 fully saturated rings. The average molecular weight is 656 g/mol. The van der Waals surface area contributed by atoms with Gasteiger partial charge in [0.1, 0.15) is 18.0 Å². The van der Waals surface area contributed by atoms with Crippen molar-refractivity contribution in [2.75, 3.05) is 25.5 Å². The quantitative estimate of drug-likeness (QED) is 0.132. The largest absolute Gasteiger partial charge is 0.493 e. The third kappa shape index (κ3) is 8.31. The standard InChI is InChI=1S/C39H46ClN3O4/c1-39(19-18-28-22-36(35(45-2)24-34(28)47-39)46-26-27-12-6-5-7-13-27)25-37(44)41-20-10-3-4-11-21-42-38-30-14-8-9-15-32(30)43-33-23-29(40)16-17-31(33)38/h5-7,12-13,16-17,22-24H,3-4,8-11,14-15,18-21,25-26H2,1-2H3,(H,41,44)(H,42,43). The molecular formula is C39H46ClN3O4. The summed E-state index contributed by atoms with van der Waals surface area (Å²) in [5.41, 5.74) is 6.42. The molecule has 47 heavy (non-hydrogen) atoms. The van der Waals surface area contributed by atoms with E-state index in [1.54, 1.807) is 7.11 Å². The second-order valence-corrected chi connectivity index (χ2v) is 13.5. The number of unbranched alkanes of at least 4 members (excludes halogenated alkanes) is 3. The van der Waals surface area contributed by atoms with Crippen LogP contribution in [0.2, 0.25) is 5.02 Å². The van der Waals surface area contributed by atoms with Crippen LogP contribution in [0.3, 0.4) is 0 Å². The number of ether oxygens (including phenoxy) is 3. The van der Waals surface area contributed by atoms with Crippen molar-refractivity contribution >= 4 is 34.1 Å². The number of pyridine rings is 1. The van der Waals surface area contributed by atoms with Crippen molar-refractivity contribution in [2.45, 2.75) is 89.8 Å². The number of fused-ring (bicyclic) bond motifs is 3. The minimum Gasteiger partial charge on any atom is -0.493 e. The number of nitrogens with zero attached hydrogens (tertiary/aromatic N) is 1. The van der Waals surface area contributed by atoms with Crippen molar-refractivity contribution < 1.29 is 19.0 Å². The van der Waals surface area contributed by atoms with Gasteiger partial charge in [0, 0.05) is 40.9 Å². The molecule has 3 aromatic carbocycles. The van der Waals surface area contributed by atoms with E-state index in [9.17, 15) is 4.79 Å². The first-order chi connectivity index (χ1) is 22.9. The Kier molecular flexibility index (Phi) is 10.7. The first-order valence-corrected chi connectivity index (χ1v) is 17.5. The molecule has 1 unspecified atom stereocenters. The van der Waals surface area contributed by atoms with Crippen LogP contribution in [-0.4, -0.2) is 36.7 Å². The van der Waals surface area contributed by atoms with E-state index in [0.29, 0.717) is 31.1 Å². The smallest absolute Gasteiger partial charge is 0.224 e. The van der Waals surface area contributed by atoms with E-state index in [1.807, 2.05) is 61.5 Å². The molecule has 7 nitrogen and oxygen atoms in total. The number of carbonyl (C=O) groups is 1. The number of methoxy groups -OCH3 is 1. The third-order valence-corrected chi connectivity index (χ3v) is 9.59. The monoisotopic (exact) mass is 655 g/mol. The maximum absolute atomic E-state index is 12.9. The molecule has 1 aromatic heterocycles. The SMILES string of the molecule is COc1cc2c(cc1OCc1ccccc1)CCC(C)(CC(=O)NCCCCCCNc1c3c(nc4cc(Cl)ccc14)CCCC3)O2. The van der Waals surface area contributed by atoms with E-state index < -0.39 is 5.60 Å². The Balaban J connectivity index is 0.921. The Morgan fingerprint density at radius 1 is 0.957 bits per heavy atom. The Morgan fingerprint density at radius 2 is 1.77 bits per heavy atom. The van der Waals surface area contributed by atoms with Crippen molar-refractivity contribution in [3.05, 3.63) is 88.1 Å². The molecule has 1 aliphatic carbocycles. The Bertz CT molecular complexity index is 1700. The van der Waals surface area contributed by atoms with Crippen molar-refractivity contribution in [3.63, 3.8) is 0 Å². The van der Waals surface area contributed by atoms with E-state index in [-0.39, 0.29) is 5.91 Å². The Hall–Kier alpha value is -3.97. The van der Waals surface area contributed by atoms with Crippen LogP contribution in [0.15, 0.2) is 60.7 Å². The number of amides is 1. The molecule has 1 atom stereocenters. The molecule has 2 aliphatic rings. The van der Waals surface area contributed by atoms with Gasteiger partial charge in [0.2, 0.25) is 5.91 Å². The first kappa shape index (κ1) is 33.0. The lowest BCUT2D eigenvalue weighted by atomic mass is 9.89. The number of aromatic nitrogens is 1. The minimum atomic E-state index is -0.568. The highest BCUT2D eigenvalue weighted by Gasteiger charge is 2.34. The van der Waals surface area contributed by atoms with Crippen LogP contribution in [0.25, 0.3) is 10.9 Å². The topological polar surface area (TPSA) is 81.7 Å². The summed E-state index contributed by atoms with van der Waals surface area (Å²) in [6.45, 7) is 4.08. The van der Waals surface area contributed by atoms with Crippen LogP contribution >= 0.6 is 11.6 Å². The van der Waals surface area contributed by atoms with Crippen LogP contribution in [0, 0.1) is 0 Å². The lowest BCUT2D eigenvalue weighted by Gasteiger charge is -2.35. The second-order valence-electron chi connectivity index (χ2n) is 13.1. The molecule has 1 amide bonds. The average Bonchev–Trinajstić information content (AvgIpc) is 3.07. The zero-order chi connectivity index (χ0) is 32.6. The van der Waals surface area contributed by atoms with Gasteiger partial charge < -0.3 is 24.8 Å². The van der Waals surface area contributed by atoms with Gasteiger partial charge in [-0.2, -0.15) is 0 Å². The number of carbonyl (C=O) groups excluding carboxylic acids is 1. The van der Waals surface area contributed by atoms with Crippen molar-refractivity contribution in [1.82, 2.24) is 10.3 Å². The van der Waals surface area contributed by atoms with E-state index >= 15 is 0 Å². The highest BCUT2D eigenvalue weighted by atomic mass is 35.5. The maximum atomic E-state index is 12.9. The summed E-state index contributed by atoms with van der Waals surface area (Å²) in [5, 5.41) is 8.75. The van der Waals surface area contributed by atoms with Gasteiger partial charge in [0.25, 0.3) is 0 Å². The molecule has 4 aromatic rings. The van der Waals surface area contributed by atoms with E-state index in [4.69, 9.17) is 30.8 Å². The molecule has 0 spiro atoms. The van der Waals surface area contributed by atoms with E-state index in [0.717, 1.165) is 90.7 Å². The zero-order valence-corrected chi connectivity index (χ0v) is 28.4. The summed E-state index contributed by atoms with van der Waals surface area (Å²) in [5.74, 6) is 2.11. The third-order valence-electron chi connectivity index (χ3n) is 9.35.